The first-order valence-corrected chi connectivity index (χ1v) is 5.07. The van der Waals surface area contributed by atoms with Crippen molar-refractivity contribution in [3.05, 3.63) is 0 Å². The van der Waals surface area contributed by atoms with Crippen LogP contribution in [0.25, 0.3) is 0 Å². The number of amides is 4. The smallest absolute Gasteiger partial charge is 0.334 e. The molecule has 3 fully saturated rings. The predicted octanol–water partition coefficient (Wildman–Crippen LogP) is -1.43. The fraction of sp³-hybridized carbons (Fsp3) is 0.667. The first-order chi connectivity index (χ1) is 7.66. The average molecular weight is 226 g/mol. The van der Waals surface area contributed by atoms with Gasteiger partial charge in [0.2, 0.25) is 0 Å². The van der Waals surface area contributed by atoms with Gasteiger partial charge in [-0.05, 0) is 0 Å². The zero-order valence-corrected chi connectivity index (χ0v) is 8.42. The van der Waals surface area contributed by atoms with Crippen molar-refractivity contribution in [2.24, 2.45) is 0 Å². The molecule has 4 amide bonds. The Labute approximate surface area is 90.9 Å². The van der Waals surface area contributed by atoms with E-state index >= 15 is 0 Å². The molecule has 0 radical (unpaired) electrons. The Morgan fingerprint density at radius 2 is 1.31 bits per heavy atom. The van der Waals surface area contributed by atoms with E-state index in [1.54, 1.807) is 0 Å². The molecule has 3 aliphatic heterocycles. The second-order valence-electron chi connectivity index (χ2n) is 4.02. The number of imide groups is 2. The lowest BCUT2D eigenvalue weighted by atomic mass is 10.4. The van der Waals surface area contributed by atoms with E-state index < -0.39 is 17.8 Å². The maximum atomic E-state index is 11.8. The van der Waals surface area contributed by atoms with Gasteiger partial charge in [-0.2, -0.15) is 0 Å². The van der Waals surface area contributed by atoms with E-state index in [0.29, 0.717) is 13.2 Å². The van der Waals surface area contributed by atoms with Crippen molar-refractivity contribution in [3.8, 4) is 0 Å². The maximum absolute atomic E-state index is 11.8. The van der Waals surface area contributed by atoms with Gasteiger partial charge in [-0.15, -0.1) is 0 Å². The molecule has 2 atom stereocenters. The zero-order chi connectivity index (χ0) is 11.3. The van der Waals surface area contributed by atoms with Crippen LogP contribution in [0, 0.1) is 0 Å². The molecular formula is C9H10N2O5. The molecule has 7 nitrogen and oxygen atoms in total. The average Bonchev–Trinajstić information content (AvgIpc) is 3.12. The van der Waals surface area contributed by atoms with Crippen LogP contribution in [-0.4, -0.2) is 66.2 Å². The van der Waals surface area contributed by atoms with Crippen LogP contribution in [0.5, 0.6) is 0 Å². The number of ether oxygens (including phenoxy) is 2. The van der Waals surface area contributed by atoms with E-state index in [0.717, 1.165) is 9.80 Å². The van der Waals surface area contributed by atoms with Crippen molar-refractivity contribution in [2.75, 3.05) is 26.3 Å². The summed E-state index contributed by atoms with van der Waals surface area (Å²) in [7, 11) is 0. The molecule has 0 aromatic heterocycles. The lowest BCUT2D eigenvalue weighted by molar-refractivity contribution is -0.143. The van der Waals surface area contributed by atoms with Crippen molar-refractivity contribution >= 4 is 17.8 Å². The number of carbonyl (C=O) groups is 3. The van der Waals surface area contributed by atoms with Crippen molar-refractivity contribution in [2.45, 2.75) is 12.2 Å². The second kappa shape index (κ2) is 3.26. The fourth-order valence-electron chi connectivity index (χ4n) is 1.63. The third kappa shape index (κ3) is 1.57. The highest BCUT2D eigenvalue weighted by molar-refractivity contribution is 6.44. The van der Waals surface area contributed by atoms with Crippen molar-refractivity contribution in [1.82, 2.24) is 9.80 Å². The Morgan fingerprint density at radius 1 is 0.938 bits per heavy atom. The number of carbonyl (C=O) groups excluding carboxylic acids is 3. The van der Waals surface area contributed by atoms with Crippen LogP contribution in [0.3, 0.4) is 0 Å². The van der Waals surface area contributed by atoms with Gasteiger partial charge < -0.3 is 9.47 Å². The summed E-state index contributed by atoms with van der Waals surface area (Å²) in [6.45, 7) is 1.42. The van der Waals surface area contributed by atoms with Gasteiger partial charge in [-0.25, -0.2) is 4.79 Å². The maximum Gasteiger partial charge on any atom is 0.334 e. The van der Waals surface area contributed by atoms with Crippen LogP contribution in [0.2, 0.25) is 0 Å². The number of nitrogens with zero attached hydrogens (tertiary/aromatic N) is 2. The molecule has 0 spiro atoms. The van der Waals surface area contributed by atoms with E-state index in [9.17, 15) is 14.4 Å². The molecular weight excluding hydrogens is 216 g/mol. The normalized spacial score (nSPS) is 32.6. The topological polar surface area (TPSA) is 82.8 Å². The van der Waals surface area contributed by atoms with Gasteiger partial charge in [0.1, 0.15) is 0 Å². The standard InChI is InChI=1S/C9H10N2O5/c12-7-8(13)11(2-6-4-16-6)9(14)10(7)1-5-3-15-5/h5-6H,1-4H2. The number of hydrogen-bond acceptors (Lipinski definition) is 5. The second-order valence-corrected chi connectivity index (χ2v) is 4.02. The summed E-state index contributed by atoms with van der Waals surface area (Å²) in [6, 6.07) is -0.555. The monoisotopic (exact) mass is 226 g/mol. The Hall–Kier alpha value is -1.47. The first kappa shape index (κ1) is 9.73. The number of epoxide rings is 2. The quantitative estimate of drug-likeness (QED) is 0.333. The minimum atomic E-state index is -0.763. The minimum absolute atomic E-state index is 0.0992. The van der Waals surface area contributed by atoms with Crippen LogP contribution in [0.15, 0.2) is 0 Å². The van der Waals surface area contributed by atoms with Gasteiger partial charge in [-0.1, -0.05) is 0 Å². The number of urea groups is 1. The van der Waals surface area contributed by atoms with Gasteiger partial charge in [0.25, 0.3) is 0 Å². The van der Waals surface area contributed by atoms with Crippen molar-refractivity contribution < 1.29 is 23.9 Å². The van der Waals surface area contributed by atoms with E-state index in [1.807, 2.05) is 0 Å². The molecule has 7 heteroatoms. The van der Waals surface area contributed by atoms with Crippen LogP contribution in [0.4, 0.5) is 4.79 Å². The first-order valence-electron chi connectivity index (χ1n) is 5.07. The Kier molecular flexibility index (Phi) is 1.98. The minimum Gasteiger partial charge on any atom is -0.371 e. The molecule has 0 bridgehead atoms. The number of hydrogen-bond donors (Lipinski definition) is 0. The molecule has 2 unspecified atom stereocenters. The summed E-state index contributed by atoms with van der Waals surface area (Å²) in [5.74, 6) is -1.53. The van der Waals surface area contributed by atoms with Crippen LogP contribution in [-0.2, 0) is 19.1 Å². The lowest BCUT2D eigenvalue weighted by Crippen LogP contribution is -2.37. The summed E-state index contributed by atoms with van der Waals surface area (Å²) in [4.78, 5) is 36.7. The van der Waals surface area contributed by atoms with E-state index in [2.05, 4.69) is 0 Å². The molecule has 0 aromatic rings. The highest BCUT2D eigenvalue weighted by atomic mass is 16.6. The van der Waals surface area contributed by atoms with Gasteiger partial charge in [0.15, 0.2) is 0 Å². The fourth-order valence-corrected chi connectivity index (χ4v) is 1.63. The summed E-state index contributed by atoms with van der Waals surface area (Å²) >= 11 is 0. The van der Waals surface area contributed by atoms with E-state index in [1.165, 1.54) is 0 Å². The summed E-state index contributed by atoms with van der Waals surface area (Å²) < 4.78 is 9.86. The predicted molar refractivity (Wildman–Crippen MR) is 48.3 cm³/mol. The molecule has 86 valence electrons. The Balaban J connectivity index is 1.72. The Morgan fingerprint density at radius 3 is 1.62 bits per heavy atom. The third-order valence-corrected chi connectivity index (χ3v) is 2.71. The van der Waals surface area contributed by atoms with Crippen molar-refractivity contribution in [1.29, 1.82) is 0 Å². The molecule has 16 heavy (non-hydrogen) atoms. The molecule has 3 saturated heterocycles. The molecule has 3 aliphatic rings. The summed E-state index contributed by atoms with van der Waals surface area (Å²) in [5.41, 5.74) is 0. The van der Waals surface area contributed by atoms with E-state index in [-0.39, 0.29) is 25.3 Å². The zero-order valence-electron chi connectivity index (χ0n) is 8.42. The highest BCUT2D eigenvalue weighted by Crippen LogP contribution is 2.20. The summed E-state index contributed by atoms with van der Waals surface area (Å²) in [6.07, 6.45) is -0.198. The largest absolute Gasteiger partial charge is 0.371 e. The SMILES string of the molecule is O=C1C(=O)N(CC2CO2)C(=O)N1CC1CO1. The van der Waals surface area contributed by atoms with Crippen LogP contribution < -0.4 is 0 Å². The number of rotatable bonds is 4. The molecule has 0 aromatic carbocycles. The molecule has 3 rings (SSSR count). The molecule has 0 aliphatic carbocycles. The lowest BCUT2D eigenvalue weighted by Gasteiger charge is -2.13. The van der Waals surface area contributed by atoms with Crippen LogP contribution >= 0.6 is 0 Å². The molecule has 0 saturated carbocycles. The van der Waals surface area contributed by atoms with Gasteiger partial charge in [0.05, 0.1) is 38.5 Å². The molecule has 3 heterocycles. The molecule has 0 N–H and O–H groups in total. The van der Waals surface area contributed by atoms with Gasteiger partial charge in [-0.3, -0.25) is 19.4 Å². The van der Waals surface area contributed by atoms with E-state index in [4.69, 9.17) is 9.47 Å². The van der Waals surface area contributed by atoms with Crippen LogP contribution in [0.1, 0.15) is 0 Å². The summed E-state index contributed by atoms with van der Waals surface area (Å²) in [5, 5.41) is 0. The Bertz CT molecular complexity index is 340. The van der Waals surface area contributed by atoms with Gasteiger partial charge >= 0.3 is 17.8 Å². The van der Waals surface area contributed by atoms with Crippen molar-refractivity contribution in [3.63, 3.8) is 0 Å². The third-order valence-electron chi connectivity index (χ3n) is 2.71. The van der Waals surface area contributed by atoms with Gasteiger partial charge in [0, 0.05) is 0 Å². The highest BCUT2D eigenvalue weighted by Gasteiger charge is 2.48.